The molecule has 1 atom stereocenters. The van der Waals surface area contributed by atoms with E-state index >= 15 is 0 Å². The van der Waals surface area contributed by atoms with E-state index in [0.29, 0.717) is 6.54 Å². The summed E-state index contributed by atoms with van der Waals surface area (Å²) >= 11 is 5.98. The highest BCUT2D eigenvalue weighted by molar-refractivity contribution is 6.30. The fourth-order valence-corrected chi connectivity index (χ4v) is 2.70. The summed E-state index contributed by atoms with van der Waals surface area (Å²) in [7, 11) is 0. The number of rotatable bonds is 3. The molecule has 4 heteroatoms. The Balaban J connectivity index is 2.28. The third-order valence-corrected chi connectivity index (χ3v) is 3.99. The normalized spacial score (nSPS) is 12.8. The van der Waals surface area contributed by atoms with E-state index in [9.17, 15) is 0 Å². The SMILES string of the molecule is Cc1ccc2nc(-c3ccc(Cl)cc3)c(C(C)CN)n2c1. The molecule has 0 aliphatic heterocycles. The molecule has 2 N–H and O–H groups in total. The summed E-state index contributed by atoms with van der Waals surface area (Å²) in [4.78, 5) is 4.79. The number of fused-ring (bicyclic) bond motifs is 1. The van der Waals surface area contributed by atoms with Gasteiger partial charge in [-0.3, -0.25) is 0 Å². The van der Waals surface area contributed by atoms with Crippen molar-refractivity contribution in [2.24, 2.45) is 5.73 Å². The number of hydrogen-bond donors (Lipinski definition) is 1. The molecule has 1 aromatic carbocycles. The molecule has 1 unspecified atom stereocenters. The van der Waals surface area contributed by atoms with E-state index in [0.717, 1.165) is 27.6 Å². The Labute approximate surface area is 129 Å². The van der Waals surface area contributed by atoms with Crippen LogP contribution >= 0.6 is 11.6 Å². The number of hydrogen-bond acceptors (Lipinski definition) is 2. The molecule has 0 radical (unpaired) electrons. The van der Waals surface area contributed by atoms with Gasteiger partial charge in [-0.2, -0.15) is 0 Å². The van der Waals surface area contributed by atoms with Crippen LogP contribution < -0.4 is 5.73 Å². The van der Waals surface area contributed by atoms with Gasteiger partial charge in [0.25, 0.3) is 0 Å². The van der Waals surface area contributed by atoms with Gasteiger partial charge in [0.2, 0.25) is 0 Å². The molecule has 2 heterocycles. The number of benzene rings is 1. The molecule has 0 aliphatic carbocycles. The minimum absolute atomic E-state index is 0.229. The number of aromatic nitrogens is 2. The van der Waals surface area contributed by atoms with Gasteiger partial charge in [-0.05, 0) is 30.7 Å². The van der Waals surface area contributed by atoms with Crippen LogP contribution in [0.3, 0.4) is 0 Å². The highest BCUT2D eigenvalue weighted by atomic mass is 35.5. The number of nitrogens with two attached hydrogens (primary N) is 1. The second-order valence-electron chi connectivity index (χ2n) is 5.42. The van der Waals surface area contributed by atoms with Gasteiger partial charge in [0.05, 0.1) is 11.4 Å². The first-order valence-corrected chi connectivity index (χ1v) is 7.42. The molecule has 3 rings (SSSR count). The van der Waals surface area contributed by atoms with Crippen LogP contribution in [-0.4, -0.2) is 15.9 Å². The molecular weight excluding hydrogens is 282 g/mol. The smallest absolute Gasteiger partial charge is 0.137 e. The van der Waals surface area contributed by atoms with Crippen molar-refractivity contribution in [3.63, 3.8) is 0 Å². The summed E-state index contributed by atoms with van der Waals surface area (Å²) in [6.07, 6.45) is 2.11. The van der Waals surface area contributed by atoms with E-state index in [1.54, 1.807) is 0 Å². The highest BCUT2D eigenvalue weighted by Crippen LogP contribution is 2.30. The molecule has 3 aromatic rings. The Hall–Kier alpha value is -1.84. The summed E-state index contributed by atoms with van der Waals surface area (Å²) < 4.78 is 2.15. The van der Waals surface area contributed by atoms with Gasteiger partial charge in [-0.25, -0.2) is 4.98 Å². The van der Waals surface area contributed by atoms with Gasteiger partial charge in [0.15, 0.2) is 0 Å². The lowest BCUT2D eigenvalue weighted by atomic mass is 10.0. The van der Waals surface area contributed by atoms with Crippen molar-refractivity contribution in [1.29, 1.82) is 0 Å². The Kier molecular flexibility index (Phi) is 3.70. The maximum absolute atomic E-state index is 5.98. The lowest BCUT2D eigenvalue weighted by Gasteiger charge is -2.12. The molecular formula is C17H18ClN3. The van der Waals surface area contributed by atoms with Gasteiger partial charge < -0.3 is 10.1 Å². The zero-order valence-corrected chi connectivity index (χ0v) is 12.9. The van der Waals surface area contributed by atoms with Crippen LogP contribution in [0.1, 0.15) is 24.1 Å². The van der Waals surface area contributed by atoms with Crippen LogP contribution in [0.5, 0.6) is 0 Å². The maximum atomic E-state index is 5.98. The quantitative estimate of drug-likeness (QED) is 0.793. The minimum Gasteiger partial charge on any atom is -0.330 e. The third kappa shape index (κ3) is 2.55. The third-order valence-electron chi connectivity index (χ3n) is 3.74. The lowest BCUT2D eigenvalue weighted by molar-refractivity contribution is 0.738. The van der Waals surface area contributed by atoms with Crippen molar-refractivity contribution in [1.82, 2.24) is 9.38 Å². The van der Waals surface area contributed by atoms with Gasteiger partial charge in [-0.15, -0.1) is 0 Å². The largest absolute Gasteiger partial charge is 0.330 e. The Morgan fingerprint density at radius 3 is 2.57 bits per heavy atom. The summed E-state index contributed by atoms with van der Waals surface area (Å²) in [5, 5.41) is 0.729. The van der Waals surface area contributed by atoms with Gasteiger partial charge in [-0.1, -0.05) is 36.7 Å². The lowest BCUT2D eigenvalue weighted by Crippen LogP contribution is -2.12. The van der Waals surface area contributed by atoms with Gasteiger partial charge in [0, 0.05) is 29.2 Å². The second kappa shape index (κ2) is 5.51. The van der Waals surface area contributed by atoms with Crippen molar-refractivity contribution in [3.8, 4) is 11.3 Å². The monoisotopic (exact) mass is 299 g/mol. The van der Waals surface area contributed by atoms with Crippen LogP contribution in [0.2, 0.25) is 5.02 Å². The standard InChI is InChI=1S/C17H18ClN3/c1-11-3-8-15-20-16(13-4-6-14(18)7-5-13)17(12(2)9-19)21(15)10-11/h3-8,10,12H,9,19H2,1-2H3. The van der Waals surface area contributed by atoms with Crippen molar-refractivity contribution in [2.75, 3.05) is 6.54 Å². The van der Waals surface area contributed by atoms with Crippen LogP contribution in [-0.2, 0) is 0 Å². The number of aryl methyl sites for hydroxylation is 1. The van der Waals surface area contributed by atoms with E-state index in [1.807, 2.05) is 30.3 Å². The Morgan fingerprint density at radius 1 is 1.19 bits per heavy atom. The van der Waals surface area contributed by atoms with Crippen molar-refractivity contribution in [3.05, 3.63) is 58.9 Å². The van der Waals surface area contributed by atoms with E-state index in [1.165, 1.54) is 5.56 Å². The first-order chi connectivity index (χ1) is 10.1. The highest BCUT2D eigenvalue weighted by Gasteiger charge is 2.18. The molecule has 0 saturated carbocycles. The molecule has 0 saturated heterocycles. The van der Waals surface area contributed by atoms with Crippen molar-refractivity contribution in [2.45, 2.75) is 19.8 Å². The summed E-state index contributed by atoms with van der Waals surface area (Å²) in [5.74, 6) is 0.229. The van der Waals surface area contributed by atoms with Crippen molar-refractivity contribution < 1.29 is 0 Å². The van der Waals surface area contributed by atoms with Crippen LogP contribution in [0.15, 0.2) is 42.6 Å². The second-order valence-corrected chi connectivity index (χ2v) is 5.86. The van der Waals surface area contributed by atoms with Gasteiger partial charge >= 0.3 is 0 Å². The minimum atomic E-state index is 0.229. The van der Waals surface area contributed by atoms with Crippen LogP contribution in [0.4, 0.5) is 0 Å². The van der Waals surface area contributed by atoms with E-state index < -0.39 is 0 Å². The van der Waals surface area contributed by atoms with E-state index in [4.69, 9.17) is 22.3 Å². The number of nitrogens with zero attached hydrogens (tertiary/aromatic N) is 2. The molecule has 0 fully saturated rings. The Morgan fingerprint density at radius 2 is 1.90 bits per heavy atom. The van der Waals surface area contributed by atoms with E-state index in [-0.39, 0.29) is 5.92 Å². The summed E-state index contributed by atoms with van der Waals surface area (Å²) in [6, 6.07) is 11.9. The molecule has 0 spiro atoms. The zero-order valence-electron chi connectivity index (χ0n) is 12.2. The maximum Gasteiger partial charge on any atom is 0.137 e. The average molecular weight is 300 g/mol. The number of halogens is 1. The first-order valence-electron chi connectivity index (χ1n) is 7.04. The summed E-state index contributed by atoms with van der Waals surface area (Å²) in [5.41, 5.74) is 11.2. The topological polar surface area (TPSA) is 43.3 Å². The molecule has 21 heavy (non-hydrogen) atoms. The average Bonchev–Trinajstić information content (AvgIpc) is 2.85. The fourth-order valence-electron chi connectivity index (χ4n) is 2.57. The van der Waals surface area contributed by atoms with E-state index in [2.05, 4.69) is 30.5 Å². The zero-order chi connectivity index (χ0) is 15.0. The summed E-state index contributed by atoms with van der Waals surface area (Å²) in [6.45, 7) is 4.80. The molecule has 3 nitrogen and oxygen atoms in total. The first kappa shape index (κ1) is 14.1. The van der Waals surface area contributed by atoms with Crippen LogP contribution in [0.25, 0.3) is 16.9 Å². The number of pyridine rings is 1. The van der Waals surface area contributed by atoms with Gasteiger partial charge in [0.1, 0.15) is 5.65 Å². The predicted octanol–water partition coefficient (Wildman–Crippen LogP) is 4.03. The molecule has 0 aliphatic rings. The fraction of sp³-hybridized carbons (Fsp3) is 0.235. The molecule has 2 aromatic heterocycles. The van der Waals surface area contributed by atoms with Crippen LogP contribution in [0, 0.1) is 6.92 Å². The number of imidazole rings is 1. The Bertz CT molecular complexity index is 775. The van der Waals surface area contributed by atoms with Crippen molar-refractivity contribution >= 4 is 17.2 Å². The molecule has 0 bridgehead atoms. The molecule has 0 amide bonds. The predicted molar refractivity (Wildman–Crippen MR) is 87.8 cm³/mol. The molecule has 108 valence electrons.